The van der Waals surface area contributed by atoms with Gasteiger partial charge < -0.3 is 4.74 Å². The summed E-state index contributed by atoms with van der Waals surface area (Å²) in [5.74, 6) is 3.36. The summed E-state index contributed by atoms with van der Waals surface area (Å²) in [6, 6.07) is 0. The summed E-state index contributed by atoms with van der Waals surface area (Å²) >= 11 is 5.62. The van der Waals surface area contributed by atoms with Crippen LogP contribution in [0.2, 0.25) is 0 Å². The van der Waals surface area contributed by atoms with Crippen LogP contribution in [0.1, 0.15) is 78.1 Å². The van der Waals surface area contributed by atoms with E-state index in [0.717, 1.165) is 36.5 Å². The average Bonchev–Trinajstić information content (AvgIpc) is 2.97. The molecular formula is C21H33ClO2. The number of ether oxygens (including phenoxy) is 1. The van der Waals surface area contributed by atoms with Gasteiger partial charge in [0.25, 0.3) is 0 Å². The molecule has 7 atom stereocenters. The van der Waals surface area contributed by atoms with Gasteiger partial charge in [0, 0.05) is 0 Å². The summed E-state index contributed by atoms with van der Waals surface area (Å²) in [5, 5.41) is 0. The Balaban J connectivity index is 1.49. The number of halogens is 1. The minimum atomic E-state index is -0.238. The Hall–Kier alpha value is -0.240. The predicted octanol–water partition coefficient (Wildman–Crippen LogP) is 5.57. The molecule has 2 nitrogen and oxygen atoms in total. The topological polar surface area (TPSA) is 26.3 Å². The molecule has 0 spiro atoms. The molecule has 4 rings (SSSR count). The third kappa shape index (κ3) is 2.63. The Kier molecular flexibility index (Phi) is 4.43. The predicted molar refractivity (Wildman–Crippen MR) is 96.9 cm³/mol. The Labute approximate surface area is 152 Å². The summed E-state index contributed by atoms with van der Waals surface area (Å²) in [7, 11) is 0. The van der Waals surface area contributed by atoms with Gasteiger partial charge in [-0.25, -0.2) is 0 Å². The summed E-state index contributed by atoms with van der Waals surface area (Å²) in [6.45, 7) is 5.16. The van der Waals surface area contributed by atoms with Gasteiger partial charge in [0.15, 0.2) is 0 Å². The molecule has 0 aromatic rings. The first-order valence-corrected chi connectivity index (χ1v) is 10.8. The SMILES string of the molecule is CC12CCCC1C1CC[C@H]3C[C@H](OC(=O)CCl)CCC3(C)C1CC2. The molecule has 0 radical (unpaired) electrons. The number of hydrogen-bond donors (Lipinski definition) is 0. The molecule has 0 N–H and O–H groups in total. The first-order chi connectivity index (χ1) is 11.5. The average molecular weight is 353 g/mol. The molecule has 136 valence electrons. The van der Waals surface area contributed by atoms with E-state index in [4.69, 9.17) is 16.3 Å². The van der Waals surface area contributed by atoms with Gasteiger partial charge in [-0.2, -0.15) is 0 Å². The maximum Gasteiger partial charge on any atom is 0.321 e. The van der Waals surface area contributed by atoms with Crippen LogP contribution in [0, 0.1) is 34.5 Å². The molecule has 0 aromatic heterocycles. The van der Waals surface area contributed by atoms with Gasteiger partial charge in [0.05, 0.1) is 0 Å². The highest BCUT2D eigenvalue weighted by Crippen LogP contribution is 2.66. The van der Waals surface area contributed by atoms with Crippen molar-refractivity contribution in [2.75, 3.05) is 5.88 Å². The quantitative estimate of drug-likeness (QED) is 0.479. The molecule has 4 fully saturated rings. The lowest BCUT2D eigenvalue weighted by molar-refractivity contribution is -0.158. The smallest absolute Gasteiger partial charge is 0.321 e. The molecule has 0 heterocycles. The van der Waals surface area contributed by atoms with Crippen molar-refractivity contribution in [1.29, 1.82) is 0 Å². The lowest BCUT2D eigenvalue weighted by Crippen LogP contribution is -2.53. The molecule has 4 aliphatic rings. The van der Waals surface area contributed by atoms with Crippen LogP contribution in [-0.4, -0.2) is 18.0 Å². The van der Waals surface area contributed by atoms with Gasteiger partial charge in [0.2, 0.25) is 0 Å². The molecule has 0 saturated heterocycles. The Morgan fingerprint density at radius 3 is 2.67 bits per heavy atom. The third-order valence-electron chi connectivity index (χ3n) is 8.81. The van der Waals surface area contributed by atoms with Gasteiger partial charge in [-0.3, -0.25) is 4.79 Å². The van der Waals surface area contributed by atoms with E-state index in [-0.39, 0.29) is 18.0 Å². The molecule has 5 unspecified atom stereocenters. The third-order valence-corrected chi connectivity index (χ3v) is 9.02. The lowest BCUT2D eigenvalue weighted by atomic mass is 9.45. The van der Waals surface area contributed by atoms with Gasteiger partial charge in [-0.1, -0.05) is 20.3 Å². The zero-order chi connectivity index (χ0) is 16.9. The van der Waals surface area contributed by atoms with E-state index in [9.17, 15) is 4.79 Å². The second kappa shape index (κ2) is 6.18. The summed E-state index contributed by atoms with van der Waals surface area (Å²) in [4.78, 5) is 11.6. The van der Waals surface area contributed by atoms with Crippen LogP contribution >= 0.6 is 11.6 Å². The van der Waals surface area contributed by atoms with Gasteiger partial charge in [0.1, 0.15) is 12.0 Å². The lowest BCUT2D eigenvalue weighted by Gasteiger charge is -2.60. The van der Waals surface area contributed by atoms with Crippen LogP contribution < -0.4 is 0 Å². The zero-order valence-electron chi connectivity index (χ0n) is 15.4. The molecule has 4 saturated carbocycles. The number of hydrogen-bond acceptors (Lipinski definition) is 2. The number of carbonyl (C=O) groups excluding carboxylic acids is 1. The fourth-order valence-corrected chi connectivity index (χ4v) is 7.60. The summed E-state index contributed by atoms with van der Waals surface area (Å²) < 4.78 is 5.59. The number of rotatable bonds is 2. The molecule has 4 aliphatic carbocycles. The fourth-order valence-electron chi connectivity index (χ4n) is 7.54. The molecule has 0 bridgehead atoms. The highest BCUT2D eigenvalue weighted by atomic mass is 35.5. The zero-order valence-corrected chi connectivity index (χ0v) is 16.1. The Bertz CT molecular complexity index is 506. The first kappa shape index (κ1) is 17.2. The largest absolute Gasteiger partial charge is 0.461 e. The van der Waals surface area contributed by atoms with Gasteiger partial charge in [-0.05, 0) is 92.3 Å². The first-order valence-electron chi connectivity index (χ1n) is 10.2. The number of carbonyl (C=O) groups is 1. The molecule has 24 heavy (non-hydrogen) atoms. The van der Waals surface area contributed by atoms with Crippen LogP contribution in [0.25, 0.3) is 0 Å². The molecule has 3 heteroatoms. The standard InChI is InChI=1S/C21H33ClO2/c1-20-9-3-4-17(20)16-6-5-14-12-15(24-19(23)13-22)7-11-21(14,2)18(16)8-10-20/h14-18H,3-13H2,1-2H3/t14-,15+,16?,17?,18?,20?,21?/m0/s1. The van der Waals surface area contributed by atoms with E-state index in [2.05, 4.69) is 13.8 Å². The maximum atomic E-state index is 11.6. The molecule has 0 aliphatic heterocycles. The van der Waals surface area contributed by atoms with Crippen LogP contribution in [0.5, 0.6) is 0 Å². The van der Waals surface area contributed by atoms with E-state index >= 15 is 0 Å². The van der Waals surface area contributed by atoms with Crippen LogP contribution in [0.15, 0.2) is 0 Å². The molecule has 0 amide bonds. The van der Waals surface area contributed by atoms with Crippen molar-refractivity contribution in [3.8, 4) is 0 Å². The fraction of sp³-hybridized carbons (Fsp3) is 0.952. The maximum absolute atomic E-state index is 11.6. The highest BCUT2D eigenvalue weighted by Gasteiger charge is 2.58. The van der Waals surface area contributed by atoms with E-state index in [1.807, 2.05) is 0 Å². The van der Waals surface area contributed by atoms with Crippen LogP contribution in [0.3, 0.4) is 0 Å². The summed E-state index contributed by atoms with van der Waals surface area (Å²) in [5.41, 5.74) is 1.13. The van der Waals surface area contributed by atoms with Crippen molar-refractivity contribution in [3.63, 3.8) is 0 Å². The summed E-state index contributed by atoms with van der Waals surface area (Å²) in [6.07, 6.45) is 13.5. The van der Waals surface area contributed by atoms with Gasteiger partial charge in [-0.15, -0.1) is 11.6 Å². The number of fused-ring (bicyclic) bond motifs is 5. The van der Waals surface area contributed by atoms with Crippen LogP contribution in [-0.2, 0) is 9.53 Å². The van der Waals surface area contributed by atoms with E-state index in [1.54, 1.807) is 0 Å². The van der Waals surface area contributed by atoms with Crippen molar-refractivity contribution >= 4 is 17.6 Å². The minimum absolute atomic E-state index is 0.0105. The minimum Gasteiger partial charge on any atom is -0.461 e. The van der Waals surface area contributed by atoms with E-state index < -0.39 is 0 Å². The number of alkyl halides is 1. The number of esters is 1. The second-order valence-corrected chi connectivity index (χ2v) is 10.0. The van der Waals surface area contributed by atoms with Gasteiger partial charge >= 0.3 is 5.97 Å². The van der Waals surface area contributed by atoms with E-state index in [0.29, 0.717) is 10.8 Å². The Morgan fingerprint density at radius 2 is 1.88 bits per heavy atom. The highest BCUT2D eigenvalue weighted by molar-refractivity contribution is 6.26. The second-order valence-electron chi connectivity index (χ2n) is 9.76. The normalized spacial score (nSPS) is 50.5. The molecular weight excluding hydrogens is 320 g/mol. The Morgan fingerprint density at radius 1 is 1.04 bits per heavy atom. The van der Waals surface area contributed by atoms with Crippen molar-refractivity contribution in [2.24, 2.45) is 34.5 Å². The van der Waals surface area contributed by atoms with Crippen molar-refractivity contribution < 1.29 is 9.53 Å². The van der Waals surface area contributed by atoms with Crippen molar-refractivity contribution in [3.05, 3.63) is 0 Å². The van der Waals surface area contributed by atoms with E-state index in [1.165, 1.54) is 51.4 Å². The van der Waals surface area contributed by atoms with Crippen molar-refractivity contribution in [1.82, 2.24) is 0 Å². The monoisotopic (exact) mass is 352 g/mol. The van der Waals surface area contributed by atoms with Crippen LogP contribution in [0.4, 0.5) is 0 Å². The van der Waals surface area contributed by atoms with Crippen molar-refractivity contribution in [2.45, 2.75) is 84.2 Å². The molecule has 0 aromatic carbocycles.